The van der Waals surface area contributed by atoms with Crippen LogP contribution in [0.2, 0.25) is 0 Å². The van der Waals surface area contributed by atoms with Gasteiger partial charge in [-0.25, -0.2) is 0 Å². The molecule has 88 heavy (non-hydrogen) atoms. The van der Waals surface area contributed by atoms with Gasteiger partial charge >= 0.3 is 0 Å². The van der Waals surface area contributed by atoms with Crippen LogP contribution in [-0.2, 0) is 0 Å². The van der Waals surface area contributed by atoms with E-state index in [4.69, 9.17) is 0 Å². The summed E-state index contributed by atoms with van der Waals surface area (Å²) < 4.78 is 0. The largest absolute Gasteiger partial charge is 0.345 e. The van der Waals surface area contributed by atoms with E-state index in [2.05, 4.69) is 387 Å². The molecule has 14 rings (SSSR count). The van der Waals surface area contributed by atoms with Gasteiger partial charge in [0, 0.05) is 70.4 Å². The maximum absolute atomic E-state index is 2.36. The van der Waals surface area contributed by atoms with Gasteiger partial charge in [0.05, 0.1) is 11.4 Å². The Bertz CT molecular complexity index is 4590. The minimum Gasteiger partial charge on any atom is -0.345 e. The summed E-state index contributed by atoms with van der Waals surface area (Å²) >= 11 is 0. The van der Waals surface area contributed by atoms with Crippen molar-refractivity contribution < 1.29 is 0 Å². The van der Waals surface area contributed by atoms with Crippen molar-refractivity contribution in [3.8, 4) is 44.5 Å². The molecule has 0 aliphatic rings. The fourth-order valence-electron chi connectivity index (χ4n) is 11.8. The molecule has 0 aliphatic heterocycles. The van der Waals surface area contributed by atoms with E-state index >= 15 is 0 Å². The van der Waals surface area contributed by atoms with Gasteiger partial charge in [-0.1, -0.05) is 236 Å². The number of rotatable bonds is 14. The van der Waals surface area contributed by atoms with E-state index in [0.717, 1.165) is 45.5 Å². The van der Waals surface area contributed by atoms with Crippen LogP contribution >= 0.6 is 0 Å². The number of hydrogen-bond acceptors (Lipinski definition) is 4. The van der Waals surface area contributed by atoms with Gasteiger partial charge in [0.1, 0.15) is 0 Å². The third kappa shape index (κ3) is 12.2. The smallest absolute Gasteiger partial charge is 0.0540 e. The predicted molar refractivity (Wildman–Crippen MR) is 377 cm³/mol. The average molecular weight is 1130 g/mol. The van der Waals surface area contributed by atoms with Gasteiger partial charge in [-0.3, -0.25) is 0 Å². The lowest BCUT2D eigenvalue weighted by atomic mass is 10.0. The molecule has 0 N–H and O–H groups in total. The van der Waals surface area contributed by atoms with Crippen molar-refractivity contribution in [1.29, 1.82) is 0 Å². The molecule has 14 aromatic carbocycles. The molecule has 0 radical (unpaired) electrons. The molecule has 4 heteroatoms. The SMILES string of the molecule is Cc1ccc(N(C)c2ccc(-c3ccc(N(c4ccc(-c5ccccc5)cc4)c4cccc5ccccc45)cc3)cc2)cc1.Cc1cccc(N(C)c2ccc(-c3ccc(N(c4ccc(-c5ccccc5)cc4)c4cccc5ccccc45)cc3)cc2)c1. The molecular formula is C84H68N4. The summed E-state index contributed by atoms with van der Waals surface area (Å²) in [5.41, 5.74) is 23.6. The van der Waals surface area contributed by atoms with Gasteiger partial charge in [0.25, 0.3) is 0 Å². The lowest BCUT2D eigenvalue weighted by molar-refractivity contribution is 1.20. The molecule has 0 bridgehead atoms. The minimum absolute atomic E-state index is 1.12. The highest BCUT2D eigenvalue weighted by Crippen LogP contribution is 2.43. The van der Waals surface area contributed by atoms with Crippen LogP contribution in [0.15, 0.2) is 340 Å². The molecule has 14 aromatic rings. The second-order valence-corrected chi connectivity index (χ2v) is 22.5. The van der Waals surface area contributed by atoms with E-state index in [-0.39, 0.29) is 0 Å². The quantitative estimate of drug-likeness (QED) is 0.108. The molecule has 0 amide bonds. The Labute approximate surface area is 518 Å². The second-order valence-electron chi connectivity index (χ2n) is 22.5. The summed E-state index contributed by atoms with van der Waals surface area (Å²) in [6, 6.07) is 122. The molecule has 4 nitrogen and oxygen atoms in total. The number of benzene rings is 14. The Morgan fingerprint density at radius 3 is 0.818 bits per heavy atom. The zero-order chi connectivity index (χ0) is 59.8. The van der Waals surface area contributed by atoms with Crippen LogP contribution in [0.5, 0.6) is 0 Å². The Morgan fingerprint density at radius 2 is 0.466 bits per heavy atom. The zero-order valence-electron chi connectivity index (χ0n) is 50.1. The summed E-state index contributed by atoms with van der Waals surface area (Å²) in [6.45, 7) is 4.25. The molecule has 0 spiro atoms. The van der Waals surface area contributed by atoms with Crippen molar-refractivity contribution in [3.63, 3.8) is 0 Å². The standard InChI is InChI=1S/2C42H34N2/c1-31-10-8-15-40(30-31)43(2)37-24-18-34(19-25-37)35-22-28-39(29-23-35)44(42-17-9-14-36-13-6-7-16-41(36)42)38-26-20-33(21-27-38)32-11-4-3-5-12-32;1-31-15-23-37(24-16-31)43(2)38-25-17-34(18-26-38)35-21-29-40(30-22-35)44(42-14-8-12-36-11-6-7-13-41(36)42)39-27-19-33(20-28-39)32-9-4-3-5-10-32/h2*3-30H,1-2H3. The highest BCUT2D eigenvalue weighted by atomic mass is 15.2. The van der Waals surface area contributed by atoms with Crippen molar-refractivity contribution >= 4 is 78.4 Å². The Balaban J connectivity index is 0.000000162. The van der Waals surface area contributed by atoms with Crippen LogP contribution < -0.4 is 19.6 Å². The summed E-state index contributed by atoms with van der Waals surface area (Å²) in [4.78, 5) is 9.17. The zero-order valence-corrected chi connectivity index (χ0v) is 50.1. The van der Waals surface area contributed by atoms with Gasteiger partial charge < -0.3 is 19.6 Å². The lowest BCUT2D eigenvalue weighted by Gasteiger charge is -2.27. The number of hydrogen-bond donors (Lipinski definition) is 0. The fraction of sp³-hybridized carbons (Fsp3) is 0.0476. The molecule has 0 fully saturated rings. The molecular weight excluding hydrogens is 1060 g/mol. The van der Waals surface area contributed by atoms with E-state index in [0.29, 0.717) is 0 Å². The Hall–Kier alpha value is -11.2. The van der Waals surface area contributed by atoms with Crippen LogP contribution in [0, 0.1) is 13.8 Å². The van der Waals surface area contributed by atoms with Crippen molar-refractivity contribution in [2.45, 2.75) is 13.8 Å². The van der Waals surface area contributed by atoms with Crippen molar-refractivity contribution in [3.05, 3.63) is 351 Å². The topological polar surface area (TPSA) is 13.0 Å². The highest BCUT2D eigenvalue weighted by molar-refractivity contribution is 6.00. The van der Waals surface area contributed by atoms with Crippen LogP contribution in [0.4, 0.5) is 56.9 Å². The van der Waals surface area contributed by atoms with E-state index in [1.165, 1.54) is 88.6 Å². The van der Waals surface area contributed by atoms with E-state index in [9.17, 15) is 0 Å². The first-order chi connectivity index (χ1) is 43.3. The van der Waals surface area contributed by atoms with Crippen molar-refractivity contribution in [2.24, 2.45) is 0 Å². The van der Waals surface area contributed by atoms with E-state index < -0.39 is 0 Å². The van der Waals surface area contributed by atoms with Gasteiger partial charge in [-0.15, -0.1) is 0 Å². The first-order valence-corrected chi connectivity index (χ1v) is 30.2. The second kappa shape index (κ2) is 25.6. The van der Waals surface area contributed by atoms with E-state index in [1.54, 1.807) is 0 Å². The summed E-state index contributed by atoms with van der Waals surface area (Å²) in [5.74, 6) is 0. The minimum atomic E-state index is 1.12. The number of nitrogens with zero attached hydrogens (tertiary/aromatic N) is 4. The summed E-state index contributed by atoms with van der Waals surface area (Å²) in [5, 5.41) is 4.89. The molecule has 0 aromatic heterocycles. The Kier molecular flexibility index (Phi) is 16.3. The third-order valence-electron chi connectivity index (χ3n) is 16.7. The molecule has 0 saturated heterocycles. The van der Waals surface area contributed by atoms with Crippen LogP contribution in [0.25, 0.3) is 66.1 Å². The van der Waals surface area contributed by atoms with Crippen LogP contribution in [-0.4, -0.2) is 14.1 Å². The van der Waals surface area contributed by atoms with Crippen molar-refractivity contribution in [2.75, 3.05) is 33.7 Å². The van der Waals surface area contributed by atoms with Gasteiger partial charge in [0.2, 0.25) is 0 Å². The lowest BCUT2D eigenvalue weighted by Crippen LogP contribution is -2.10. The van der Waals surface area contributed by atoms with E-state index in [1.807, 2.05) is 0 Å². The summed E-state index contributed by atoms with van der Waals surface area (Å²) in [6.07, 6.45) is 0. The molecule has 0 saturated carbocycles. The molecule has 0 heterocycles. The maximum atomic E-state index is 2.36. The number of fused-ring (bicyclic) bond motifs is 2. The first kappa shape index (κ1) is 56.0. The number of anilines is 10. The van der Waals surface area contributed by atoms with Crippen molar-refractivity contribution in [1.82, 2.24) is 0 Å². The van der Waals surface area contributed by atoms with Gasteiger partial charge in [-0.2, -0.15) is 0 Å². The molecule has 0 unspecified atom stereocenters. The first-order valence-electron chi connectivity index (χ1n) is 30.2. The van der Waals surface area contributed by atoms with Crippen LogP contribution in [0.1, 0.15) is 11.1 Å². The number of aryl methyl sites for hydroxylation is 2. The molecule has 0 atom stereocenters. The average Bonchev–Trinajstić information content (AvgIpc) is 1.20. The highest BCUT2D eigenvalue weighted by Gasteiger charge is 2.19. The molecule has 0 aliphatic carbocycles. The normalized spacial score (nSPS) is 11.0. The Morgan fingerprint density at radius 1 is 0.193 bits per heavy atom. The van der Waals surface area contributed by atoms with Crippen LogP contribution in [0.3, 0.4) is 0 Å². The molecule has 424 valence electrons. The maximum Gasteiger partial charge on any atom is 0.0540 e. The fourth-order valence-corrected chi connectivity index (χ4v) is 11.8. The predicted octanol–water partition coefficient (Wildman–Crippen LogP) is 23.4. The van der Waals surface area contributed by atoms with Gasteiger partial charge in [-0.05, 0) is 184 Å². The monoisotopic (exact) mass is 1130 g/mol. The third-order valence-corrected chi connectivity index (χ3v) is 16.7. The summed E-state index contributed by atoms with van der Waals surface area (Å²) in [7, 11) is 4.23. The van der Waals surface area contributed by atoms with Gasteiger partial charge in [0.15, 0.2) is 0 Å².